The highest BCUT2D eigenvalue weighted by Gasteiger charge is 2.66. The van der Waals surface area contributed by atoms with Gasteiger partial charge >= 0.3 is 6.18 Å². The Morgan fingerprint density at radius 3 is 2.62 bits per heavy atom. The van der Waals surface area contributed by atoms with Crippen LogP contribution in [0.1, 0.15) is 18.4 Å². The number of hydrogen-bond donors (Lipinski definition) is 1. The van der Waals surface area contributed by atoms with Gasteiger partial charge in [-0.05, 0) is 31.0 Å². The van der Waals surface area contributed by atoms with Crippen LogP contribution >= 0.6 is 11.6 Å². The maximum absolute atomic E-state index is 14.4. The summed E-state index contributed by atoms with van der Waals surface area (Å²) in [4.78, 5) is 24.0. The first kappa shape index (κ1) is 18.4. The molecule has 0 bridgehead atoms. The SMILES string of the molecule is CN(C(=O)[O-])[C@H]1C(=O)Nc2ccc(Cl)cc2[C@]1(C#CC1CC1)C(F)(F)F. The topological polar surface area (TPSA) is 72.5 Å². The molecular weight excluding hydrogens is 373 g/mol. The second kappa shape index (κ2) is 6.09. The minimum atomic E-state index is -5.04. The molecule has 0 radical (unpaired) electrons. The highest BCUT2D eigenvalue weighted by atomic mass is 35.5. The number of amides is 2. The molecule has 5 nitrogen and oxygen atoms in total. The lowest BCUT2D eigenvalue weighted by Crippen LogP contribution is -2.66. The van der Waals surface area contributed by atoms with Crippen molar-refractivity contribution in [2.45, 2.75) is 30.5 Å². The molecule has 2 aliphatic rings. The Morgan fingerprint density at radius 1 is 1.42 bits per heavy atom. The molecular formula is C17H13ClF3N2O3-. The number of alkyl halides is 3. The fourth-order valence-electron chi connectivity index (χ4n) is 3.03. The van der Waals surface area contributed by atoms with E-state index in [1.807, 2.05) is 0 Å². The van der Waals surface area contributed by atoms with Crippen molar-refractivity contribution >= 4 is 29.3 Å². The first-order valence-corrected chi connectivity index (χ1v) is 8.10. The molecule has 1 N–H and O–H groups in total. The zero-order chi connectivity index (χ0) is 19.3. The van der Waals surface area contributed by atoms with Crippen molar-refractivity contribution < 1.29 is 27.9 Å². The molecule has 26 heavy (non-hydrogen) atoms. The number of nitrogens with zero attached hydrogens (tertiary/aromatic N) is 1. The van der Waals surface area contributed by atoms with Gasteiger partial charge in [0.05, 0.1) is 0 Å². The molecule has 1 saturated carbocycles. The van der Waals surface area contributed by atoms with Gasteiger partial charge in [-0.2, -0.15) is 13.2 Å². The van der Waals surface area contributed by atoms with Crippen LogP contribution < -0.4 is 10.4 Å². The number of halogens is 4. The monoisotopic (exact) mass is 385 g/mol. The number of rotatable bonds is 1. The molecule has 1 aliphatic carbocycles. The second-order valence-electron chi connectivity index (χ2n) is 6.31. The van der Waals surface area contributed by atoms with E-state index >= 15 is 0 Å². The molecule has 9 heteroatoms. The van der Waals surface area contributed by atoms with Crippen LogP contribution in [0.2, 0.25) is 5.02 Å². The van der Waals surface area contributed by atoms with E-state index in [9.17, 15) is 27.9 Å². The average Bonchev–Trinajstić information content (AvgIpc) is 3.35. The first-order valence-electron chi connectivity index (χ1n) is 7.72. The summed E-state index contributed by atoms with van der Waals surface area (Å²) >= 11 is 5.88. The molecule has 2 amide bonds. The third-order valence-corrected chi connectivity index (χ3v) is 4.73. The number of likely N-dealkylation sites (N-methyl/N-ethyl adjacent to an activating group) is 1. The summed E-state index contributed by atoms with van der Waals surface area (Å²) in [5.74, 6) is 3.43. The van der Waals surface area contributed by atoms with Gasteiger partial charge in [0.2, 0.25) is 5.91 Å². The van der Waals surface area contributed by atoms with E-state index in [2.05, 4.69) is 17.2 Å². The normalized spacial score (nSPS) is 24.8. The van der Waals surface area contributed by atoms with E-state index in [0.717, 1.165) is 13.1 Å². The maximum Gasteiger partial charge on any atom is 0.411 e. The zero-order valence-electron chi connectivity index (χ0n) is 13.5. The molecule has 1 fully saturated rings. The number of fused-ring (bicyclic) bond motifs is 1. The molecule has 1 aromatic carbocycles. The van der Waals surface area contributed by atoms with Crippen LogP contribution in [0, 0.1) is 17.8 Å². The lowest BCUT2D eigenvalue weighted by Gasteiger charge is -2.46. The van der Waals surface area contributed by atoms with Crippen molar-refractivity contribution in [3.8, 4) is 11.8 Å². The smallest absolute Gasteiger partial charge is 0.411 e. The zero-order valence-corrected chi connectivity index (χ0v) is 14.2. The van der Waals surface area contributed by atoms with Crippen LogP contribution in [0.3, 0.4) is 0 Å². The molecule has 1 heterocycles. The van der Waals surface area contributed by atoms with Crippen molar-refractivity contribution in [1.82, 2.24) is 4.90 Å². The molecule has 2 atom stereocenters. The van der Waals surface area contributed by atoms with Crippen molar-refractivity contribution in [2.24, 2.45) is 5.92 Å². The van der Waals surface area contributed by atoms with E-state index < -0.39 is 29.6 Å². The largest absolute Gasteiger partial charge is 0.530 e. The van der Waals surface area contributed by atoms with Gasteiger partial charge in [-0.15, -0.1) is 0 Å². The molecule has 1 aliphatic heterocycles. The number of carboxylic acid groups (broad SMARTS) is 1. The number of anilines is 1. The van der Waals surface area contributed by atoms with Gasteiger partial charge in [0, 0.05) is 29.2 Å². The summed E-state index contributed by atoms with van der Waals surface area (Å²) in [5, 5.41) is 13.6. The summed E-state index contributed by atoms with van der Waals surface area (Å²) in [6.07, 6.45) is -5.63. The van der Waals surface area contributed by atoms with Gasteiger partial charge in [0.15, 0.2) is 5.41 Å². The standard InChI is InChI=1S/C17H14ClF3N2O3/c1-23(15(25)26)13-14(24)22-12-5-4-10(18)8-11(12)16(13,17(19,20)21)7-6-9-2-3-9/h4-5,8-9,13H,2-3H2,1H3,(H,22,24)(H,25,26)/p-1/t13-,16-/m0/s1. The fraction of sp³-hybridized carbons (Fsp3) is 0.412. The molecule has 0 unspecified atom stereocenters. The predicted molar refractivity (Wildman–Crippen MR) is 85.3 cm³/mol. The van der Waals surface area contributed by atoms with E-state index in [-0.39, 0.29) is 27.1 Å². The number of carbonyl (C=O) groups is 2. The van der Waals surface area contributed by atoms with Crippen molar-refractivity contribution in [3.63, 3.8) is 0 Å². The Bertz CT molecular complexity index is 842. The minimum absolute atomic E-state index is 0.0107. The Kier molecular flexibility index (Phi) is 4.31. The summed E-state index contributed by atoms with van der Waals surface area (Å²) in [5.41, 5.74) is -3.54. The Balaban J connectivity index is 2.35. The van der Waals surface area contributed by atoms with Crippen molar-refractivity contribution in [2.75, 3.05) is 12.4 Å². The third kappa shape index (κ3) is 2.86. The Labute approximate surface area is 152 Å². The summed E-state index contributed by atoms with van der Waals surface area (Å²) < 4.78 is 43.1. The number of nitrogens with one attached hydrogen (secondary N) is 1. The second-order valence-corrected chi connectivity index (χ2v) is 6.74. The summed E-state index contributed by atoms with van der Waals surface area (Å²) in [6.45, 7) is 0. The van der Waals surface area contributed by atoms with E-state index in [0.29, 0.717) is 12.8 Å². The molecule has 138 valence electrons. The number of carbonyl (C=O) groups excluding carboxylic acids is 2. The lowest BCUT2D eigenvalue weighted by atomic mass is 9.70. The Hall–Kier alpha value is -2.40. The lowest BCUT2D eigenvalue weighted by molar-refractivity contribution is -0.270. The van der Waals surface area contributed by atoms with Crippen LogP contribution in [0.4, 0.5) is 23.7 Å². The van der Waals surface area contributed by atoms with Gasteiger partial charge in [0.25, 0.3) is 0 Å². The van der Waals surface area contributed by atoms with Crippen LogP contribution in [-0.4, -0.2) is 36.2 Å². The van der Waals surface area contributed by atoms with Gasteiger partial charge < -0.3 is 20.1 Å². The Morgan fingerprint density at radius 2 is 2.08 bits per heavy atom. The third-order valence-electron chi connectivity index (χ3n) is 4.50. The van der Waals surface area contributed by atoms with Crippen LogP contribution in [0.15, 0.2) is 18.2 Å². The molecule has 1 aromatic rings. The van der Waals surface area contributed by atoms with Crippen molar-refractivity contribution in [1.29, 1.82) is 0 Å². The van der Waals surface area contributed by atoms with E-state index in [1.54, 1.807) is 0 Å². The highest BCUT2D eigenvalue weighted by molar-refractivity contribution is 6.30. The quantitative estimate of drug-likeness (QED) is 0.753. The summed E-state index contributed by atoms with van der Waals surface area (Å²) in [6, 6.07) is 1.47. The van der Waals surface area contributed by atoms with Crippen LogP contribution in [0.25, 0.3) is 0 Å². The number of hydrogen-bond acceptors (Lipinski definition) is 3. The van der Waals surface area contributed by atoms with E-state index in [4.69, 9.17) is 11.6 Å². The molecule has 3 rings (SSSR count). The van der Waals surface area contributed by atoms with Crippen molar-refractivity contribution in [3.05, 3.63) is 28.8 Å². The molecule has 0 saturated heterocycles. The van der Waals surface area contributed by atoms with Gasteiger partial charge in [0.1, 0.15) is 12.1 Å². The molecule has 0 aromatic heterocycles. The average molecular weight is 386 g/mol. The fourth-order valence-corrected chi connectivity index (χ4v) is 3.20. The van der Waals surface area contributed by atoms with Gasteiger partial charge in [-0.3, -0.25) is 4.79 Å². The van der Waals surface area contributed by atoms with Crippen LogP contribution in [0.5, 0.6) is 0 Å². The predicted octanol–water partition coefficient (Wildman–Crippen LogP) is 2.15. The minimum Gasteiger partial charge on any atom is -0.530 e. The first-order chi connectivity index (χ1) is 12.1. The van der Waals surface area contributed by atoms with Gasteiger partial charge in [-0.1, -0.05) is 23.4 Å². The van der Waals surface area contributed by atoms with Gasteiger partial charge in [-0.25, -0.2) is 0 Å². The highest BCUT2D eigenvalue weighted by Crippen LogP contribution is 2.51. The number of benzene rings is 1. The maximum atomic E-state index is 14.4. The summed E-state index contributed by atoms with van der Waals surface area (Å²) in [7, 11) is 0.856. The molecule has 0 spiro atoms. The van der Waals surface area contributed by atoms with Crippen LogP contribution in [-0.2, 0) is 10.2 Å². The van der Waals surface area contributed by atoms with E-state index in [1.165, 1.54) is 12.1 Å².